The fourth-order valence-electron chi connectivity index (χ4n) is 1.92. The Hall–Kier alpha value is -1.71. The molecule has 0 aliphatic rings. The van der Waals surface area contributed by atoms with E-state index in [1.165, 1.54) is 0 Å². The highest BCUT2D eigenvalue weighted by Gasteiger charge is 2.17. The minimum Gasteiger partial charge on any atom is -0.469 e. The van der Waals surface area contributed by atoms with Crippen LogP contribution in [0.1, 0.15) is 24.7 Å². The summed E-state index contributed by atoms with van der Waals surface area (Å²) in [7, 11) is 1.87. The zero-order valence-corrected chi connectivity index (χ0v) is 9.95. The molecule has 0 radical (unpaired) electrons. The van der Waals surface area contributed by atoms with Gasteiger partial charge < -0.3 is 10.2 Å². The van der Waals surface area contributed by atoms with Crippen molar-refractivity contribution in [3.05, 3.63) is 23.7 Å². The molecular weight excluding hydrogens is 202 g/mol. The predicted octanol–water partition coefficient (Wildman–Crippen LogP) is 2.52. The number of aryl methyl sites for hydroxylation is 2. The van der Waals surface area contributed by atoms with E-state index in [-0.39, 0.29) is 0 Å². The second-order valence-corrected chi connectivity index (χ2v) is 3.98. The average molecular weight is 219 g/mol. The van der Waals surface area contributed by atoms with Crippen LogP contribution in [0.25, 0.3) is 11.3 Å². The largest absolute Gasteiger partial charge is 0.469 e. The first-order valence-electron chi connectivity index (χ1n) is 5.51. The molecule has 16 heavy (non-hydrogen) atoms. The number of nitrogens with two attached hydrogens (primary N) is 1. The first-order chi connectivity index (χ1) is 7.65. The number of anilines is 1. The molecule has 0 aliphatic carbocycles. The van der Waals surface area contributed by atoms with Gasteiger partial charge in [-0.25, -0.2) is 0 Å². The fraction of sp³-hybridized carbons (Fsp3) is 0.417. The molecule has 2 heterocycles. The summed E-state index contributed by atoms with van der Waals surface area (Å²) in [6, 6.07) is 1.94. The Morgan fingerprint density at radius 3 is 2.81 bits per heavy atom. The van der Waals surface area contributed by atoms with Gasteiger partial charge in [-0.05, 0) is 19.4 Å². The van der Waals surface area contributed by atoms with Gasteiger partial charge in [0.15, 0.2) is 0 Å². The van der Waals surface area contributed by atoms with Gasteiger partial charge in [0.1, 0.15) is 17.3 Å². The first kappa shape index (κ1) is 10.8. The van der Waals surface area contributed by atoms with Crippen LogP contribution in [-0.2, 0) is 13.5 Å². The highest BCUT2D eigenvalue weighted by atomic mass is 16.3. The second-order valence-electron chi connectivity index (χ2n) is 3.98. The molecule has 2 rings (SSSR count). The number of hydrogen-bond acceptors (Lipinski definition) is 3. The summed E-state index contributed by atoms with van der Waals surface area (Å²) >= 11 is 0. The smallest absolute Gasteiger partial charge is 0.125 e. The van der Waals surface area contributed by atoms with Crippen molar-refractivity contribution >= 4 is 5.82 Å². The van der Waals surface area contributed by atoms with Gasteiger partial charge in [-0.3, -0.25) is 4.68 Å². The van der Waals surface area contributed by atoms with Crippen LogP contribution in [0.4, 0.5) is 5.82 Å². The SMILES string of the molecule is CCCc1c(-c2ccoc2C)nn(C)c1N. The zero-order valence-electron chi connectivity index (χ0n) is 9.95. The molecule has 0 saturated heterocycles. The maximum Gasteiger partial charge on any atom is 0.125 e. The second kappa shape index (κ2) is 4.04. The van der Waals surface area contributed by atoms with E-state index in [2.05, 4.69) is 12.0 Å². The predicted molar refractivity (Wildman–Crippen MR) is 64.1 cm³/mol. The van der Waals surface area contributed by atoms with Crippen molar-refractivity contribution in [1.82, 2.24) is 9.78 Å². The molecule has 4 nitrogen and oxygen atoms in total. The minimum atomic E-state index is 0.748. The average Bonchev–Trinajstić information content (AvgIpc) is 2.77. The molecule has 0 spiro atoms. The third kappa shape index (κ3) is 1.60. The lowest BCUT2D eigenvalue weighted by molar-refractivity contribution is 0.535. The van der Waals surface area contributed by atoms with E-state index in [1.807, 2.05) is 20.0 Å². The van der Waals surface area contributed by atoms with Crippen LogP contribution in [0.5, 0.6) is 0 Å². The molecule has 2 aromatic rings. The number of hydrogen-bond donors (Lipinski definition) is 1. The Bertz CT molecular complexity index is 496. The molecule has 0 fully saturated rings. The number of nitrogens with zero attached hydrogens (tertiary/aromatic N) is 2. The molecule has 2 N–H and O–H groups in total. The van der Waals surface area contributed by atoms with E-state index in [0.29, 0.717) is 0 Å². The summed E-state index contributed by atoms with van der Waals surface area (Å²) in [5, 5.41) is 4.46. The molecule has 0 aromatic carbocycles. The van der Waals surface area contributed by atoms with E-state index in [1.54, 1.807) is 10.9 Å². The summed E-state index contributed by atoms with van der Waals surface area (Å²) in [6.07, 6.45) is 3.69. The van der Waals surface area contributed by atoms with Gasteiger partial charge in [-0.15, -0.1) is 0 Å². The maximum atomic E-state index is 6.02. The van der Waals surface area contributed by atoms with Gasteiger partial charge in [0.2, 0.25) is 0 Å². The van der Waals surface area contributed by atoms with E-state index in [4.69, 9.17) is 10.2 Å². The Morgan fingerprint density at radius 2 is 2.25 bits per heavy atom. The standard InChI is InChI=1S/C12H17N3O/c1-4-5-10-11(14-15(3)12(10)13)9-6-7-16-8(9)2/h6-7H,4-5,13H2,1-3H3. The molecule has 0 aliphatic heterocycles. The van der Waals surface area contributed by atoms with Crippen LogP contribution in [0.15, 0.2) is 16.7 Å². The summed E-state index contributed by atoms with van der Waals surface area (Å²) in [5.74, 6) is 1.63. The van der Waals surface area contributed by atoms with Gasteiger partial charge >= 0.3 is 0 Å². The van der Waals surface area contributed by atoms with Crippen molar-refractivity contribution in [1.29, 1.82) is 0 Å². The first-order valence-corrected chi connectivity index (χ1v) is 5.51. The molecule has 86 valence electrons. The lowest BCUT2D eigenvalue weighted by Crippen LogP contribution is -1.99. The van der Waals surface area contributed by atoms with Crippen LogP contribution in [-0.4, -0.2) is 9.78 Å². The Morgan fingerprint density at radius 1 is 1.50 bits per heavy atom. The monoisotopic (exact) mass is 219 g/mol. The topological polar surface area (TPSA) is 57.0 Å². The molecule has 0 amide bonds. The van der Waals surface area contributed by atoms with Crippen molar-refractivity contribution in [3.8, 4) is 11.3 Å². The lowest BCUT2D eigenvalue weighted by atomic mass is 10.0. The van der Waals surface area contributed by atoms with Crippen LogP contribution >= 0.6 is 0 Å². The van der Waals surface area contributed by atoms with E-state index in [0.717, 1.165) is 41.2 Å². The van der Waals surface area contributed by atoms with E-state index in [9.17, 15) is 0 Å². The number of rotatable bonds is 3. The van der Waals surface area contributed by atoms with E-state index >= 15 is 0 Å². The zero-order chi connectivity index (χ0) is 11.7. The van der Waals surface area contributed by atoms with Gasteiger partial charge in [0.05, 0.1) is 6.26 Å². The molecule has 0 unspecified atom stereocenters. The number of nitrogen functional groups attached to an aromatic ring is 1. The number of furan rings is 1. The van der Waals surface area contributed by atoms with E-state index < -0.39 is 0 Å². The summed E-state index contributed by atoms with van der Waals surface area (Å²) in [4.78, 5) is 0. The summed E-state index contributed by atoms with van der Waals surface area (Å²) in [5.41, 5.74) is 9.13. The summed E-state index contributed by atoms with van der Waals surface area (Å²) < 4.78 is 7.04. The molecule has 0 atom stereocenters. The van der Waals surface area contributed by atoms with Crippen LogP contribution in [0.2, 0.25) is 0 Å². The van der Waals surface area contributed by atoms with Crippen LogP contribution in [0.3, 0.4) is 0 Å². The minimum absolute atomic E-state index is 0.748. The van der Waals surface area contributed by atoms with Crippen molar-refractivity contribution in [2.75, 3.05) is 5.73 Å². The Labute approximate surface area is 95.1 Å². The molecule has 2 aromatic heterocycles. The lowest BCUT2D eigenvalue weighted by Gasteiger charge is -2.00. The fourth-order valence-corrected chi connectivity index (χ4v) is 1.92. The van der Waals surface area contributed by atoms with Crippen LogP contribution in [0, 0.1) is 6.92 Å². The Balaban J connectivity index is 2.56. The third-order valence-corrected chi connectivity index (χ3v) is 2.81. The number of aromatic nitrogens is 2. The highest BCUT2D eigenvalue weighted by Crippen LogP contribution is 2.30. The quantitative estimate of drug-likeness (QED) is 0.863. The molecule has 0 saturated carbocycles. The molecule has 0 bridgehead atoms. The van der Waals surface area contributed by atoms with Gasteiger partial charge in [0, 0.05) is 18.2 Å². The molecule has 4 heteroatoms. The molecular formula is C12H17N3O. The normalized spacial score (nSPS) is 10.9. The van der Waals surface area contributed by atoms with Gasteiger partial charge in [0.25, 0.3) is 0 Å². The van der Waals surface area contributed by atoms with Gasteiger partial charge in [-0.1, -0.05) is 13.3 Å². The third-order valence-electron chi connectivity index (χ3n) is 2.81. The Kier molecular flexibility index (Phi) is 2.73. The van der Waals surface area contributed by atoms with Crippen molar-refractivity contribution < 1.29 is 4.42 Å². The van der Waals surface area contributed by atoms with Crippen molar-refractivity contribution in [2.45, 2.75) is 26.7 Å². The summed E-state index contributed by atoms with van der Waals surface area (Å²) in [6.45, 7) is 4.08. The highest BCUT2D eigenvalue weighted by molar-refractivity contribution is 5.69. The van der Waals surface area contributed by atoms with Crippen molar-refractivity contribution in [2.24, 2.45) is 7.05 Å². The van der Waals surface area contributed by atoms with Crippen molar-refractivity contribution in [3.63, 3.8) is 0 Å². The maximum absolute atomic E-state index is 6.02. The van der Waals surface area contributed by atoms with Gasteiger partial charge in [-0.2, -0.15) is 5.10 Å². The van der Waals surface area contributed by atoms with Crippen LogP contribution < -0.4 is 5.73 Å².